The van der Waals surface area contributed by atoms with Gasteiger partial charge in [-0.2, -0.15) is 8.42 Å². The monoisotopic (exact) mass is 384 g/mol. The molecule has 0 bridgehead atoms. The molecule has 0 fully saturated rings. The first-order chi connectivity index (χ1) is 12.7. The van der Waals surface area contributed by atoms with E-state index in [-0.39, 0.29) is 10.6 Å². The summed E-state index contributed by atoms with van der Waals surface area (Å²) in [7, 11) is -3.98. The first-order valence-corrected chi connectivity index (χ1v) is 9.60. The molecule has 0 saturated carbocycles. The summed E-state index contributed by atoms with van der Waals surface area (Å²) in [6.07, 6.45) is 0. The van der Waals surface area contributed by atoms with Crippen molar-refractivity contribution in [2.45, 2.75) is 18.7 Å². The number of ether oxygens (including phenoxy) is 1. The van der Waals surface area contributed by atoms with Crippen molar-refractivity contribution < 1.29 is 17.3 Å². The Bertz CT molecular complexity index is 1040. The van der Waals surface area contributed by atoms with Gasteiger partial charge in [-0.05, 0) is 85.6 Å². The molecule has 0 unspecified atom stereocenters. The topological polar surface area (TPSA) is 105 Å². The van der Waals surface area contributed by atoms with Crippen molar-refractivity contribution >= 4 is 21.5 Å². The maximum Gasteiger partial charge on any atom is 0.339 e. The first-order valence-electron chi connectivity index (χ1n) is 8.19. The molecule has 3 aromatic rings. The van der Waals surface area contributed by atoms with Crippen molar-refractivity contribution in [3.63, 3.8) is 0 Å². The van der Waals surface area contributed by atoms with Gasteiger partial charge < -0.3 is 20.4 Å². The van der Waals surface area contributed by atoms with E-state index in [1.807, 2.05) is 0 Å². The van der Waals surface area contributed by atoms with Gasteiger partial charge in [-0.1, -0.05) is 0 Å². The Balaban J connectivity index is 1.88. The van der Waals surface area contributed by atoms with Gasteiger partial charge in [0.2, 0.25) is 0 Å². The molecule has 7 heteroatoms. The quantitative estimate of drug-likeness (QED) is 0.508. The Morgan fingerprint density at radius 3 is 1.67 bits per heavy atom. The molecule has 0 radical (unpaired) electrons. The van der Waals surface area contributed by atoms with E-state index in [0.717, 1.165) is 0 Å². The van der Waals surface area contributed by atoms with Crippen LogP contribution >= 0.6 is 0 Å². The molecular weight excluding hydrogens is 364 g/mol. The van der Waals surface area contributed by atoms with Crippen LogP contribution in [0.1, 0.15) is 11.1 Å². The van der Waals surface area contributed by atoms with Crippen LogP contribution in [0, 0.1) is 13.8 Å². The summed E-state index contributed by atoms with van der Waals surface area (Å²) in [5, 5.41) is 0. The highest BCUT2D eigenvalue weighted by molar-refractivity contribution is 7.87. The van der Waals surface area contributed by atoms with E-state index in [0.29, 0.717) is 34.0 Å². The lowest BCUT2D eigenvalue weighted by molar-refractivity contribution is 0.472. The van der Waals surface area contributed by atoms with Gasteiger partial charge in [-0.3, -0.25) is 0 Å². The van der Waals surface area contributed by atoms with Crippen LogP contribution < -0.4 is 20.4 Å². The van der Waals surface area contributed by atoms with Gasteiger partial charge in [-0.25, -0.2) is 0 Å². The SMILES string of the molecule is Cc1cc(S(=O)(=O)Oc2ccc(N)cc2)cc(C)c1Oc1ccc(N)cc1. The molecule has 0 saturated heterocycles. The molecule has 0 aromatic heterocycles. The van der Waals surface area contributed by atoms with Crippen LogP contribution in [-0.2, 0) is 10.1 Å². The molecule has 3 rings (SSSR count). The van der Waals surface area contributed by atoms with Gasteiger partial charge in [0.1, 0.15) is 22.1 Å². The van der Waals surface area contributed by atoms with E-state index in [1.54, 1.807) is 50.2 Å². The van der Waals surface area contributed by atoms with Crippen molar-refractivity contribution in [3.05, 3.63) is 71.8 Å². The molecule has 0 aliphatic heterocycles. The number of nitrogen functional groups attached to an aromatic ring is 2. The maximum atomic E-state index is 12.6. The average Bonchev–Trinajstić information content (AvgIpc) is 2.61. The van der Waals surface area contributed by atoms with Crippen LogP contribution in [0.5, 0.6) is 17.2 Å². The van der Waals surface area contributed by atoms with Crippen molar-refractivity contribution in [2.24, 2.45) is 0 Å². The van der Waals surface area contributed by atoms with Crippen LogP contribution in [0.4, 0.5) is 11.4 Å². The number of benzene rings is 3. The molecule has 3 aromatic carbocycles. The Kier molecular flexibility index (Phi) is 4.96. The van der Waals surface area contributed by atoms with E-state index in [9.17, 15) is 8.42 Å². The second-order valence-electron chi connectivity index (χ2n) is 6.16. The minimum absolute atomic E-state index is 0.0546. The van der Waals surface area contributed by atoms with Crippen LogP contribution in [0.2, 0.25) is 0 Å². The summed E-state index contributed by atoms with van der Waals surface area (Å²) in [5.41, 5.74) is 13.8. The zero-order chi connectivity index (χ0) is 19.6. The molecule has 0 spiro atoms. The fourth-order valence-corrected chi connectivity index (χ4v) is 3.67. The number of nitrogens with two attached hydrogens (primary N) is 2. The van der Waals surface area contributed by atoms with E-state index in [1.165, 1.54) is 24.3 Å². The van der Waals surface area contributed by atoms with Gasteiger partial charge in [0, 0.05) is 11.4 Å². The highest BCUT2D eigenvalue weighted by Gasteiger charge is 2.20. The van der Waals surface area contributed by atoms with E-state index in [2.05, 4.69) is 0 Å². The highest BCUT2D eigenvalue weighted by atomic mass is 32.2. The predicted octanol–water partition coefficient (Wildman–Crippen LogP) is 4.03. The lowest BCUT2D eigenvalue weighted by atomic mass is 10.1. The molecule has 0 atom stereocenters. The molecular formula is C20H20N2O4S. The van der Waals surface area contributed by atoms with Crippen LogP contribution in [0.15, 0.2) is 65.6 Å². The Labute approximate surface area is 158 Å². The molecule has 27 heavy (non-hydrogen) atoms. The van der Waals surface area contributed by atoms with Crippen molar-refractivity contribution in [2.75, 3.05) is 11.5 Å². The Morgan fingerprint density at radius 2 is 1.19 bits per heavy atom. The van der Waals surface area contributed by atoms with Crippen molar-refractivity contribution in [1.29, 1.82) is 0 Å². The smallest absolute Gasteiger partial charge is 0.339 e. The number of rotatable bonds is 5. The lowest BCUT2D eigenvalue weighted by Crippen LogP contribution is -2.10. The molecule has 6 nitrogen and oxygen atoms in total. The summed E-state index contributed by atoms with van der Waals surface area (Å²) in [6, 6.07) is 16.2. The summed E-state index contributed by atoms with van der Waals surface area (Å²) >= 11 is 0. The largest absolute Gasteiger partial charge is 0.457 e. The predicted molar refractivity (Wildman–Crippen MR) is 106 cm³/mol. The summed E-state index contributed by atoms with van der Waals surface area (Å²) in [5.74, 6) is 1.40. The fraction of sp³-hybridized carbons (Fsp3) is 0.100. The number of aryl methyl sites for hydroxylation is 2. The fourth-order valence-electron chi connectivity index (χ4n) is 2.57. The Hall–Kier alpha value is -3.19. The third-order valence-corrected chi connectivity index (χ3v) is 5.13. The van der Waals surface area contributed by atoms with Gasteiger partial charge in [0.05, 0.1) is 0 Å². The summed E-state index contributed by atoms with van der Waals surface area (Å²) < 4.78 is 36.3. The maximum absolute atomic E-state index is 12.6. The second-order valence-corrected chi connectivity index (χ2v) is 7.71. The number of anilines is 2. The van der Waals surface area contributed by atoms with E-state index in [4.69, 9.17) is 20.4 Å². The molecule has 4 N–H and O–H groups in total. The zero-order valence-electron chi connectivity index (χ0n) is 15.0. The van der Waals surface area contributed by atoms with Crippen molar-refractivity contribution in [1.82, 2.24) is 0 Å². The second kappa shape index (κ2) is 7.20. The van der Waals surface area contributed by atoms with Gasteiger partial charge in [0.25, 0.3) is 0 Å². The minimum Gasteiger partial charge on any atom is -0.457 e. The van der Waals surface area contributed by atoms with Crippen molar-refractivity contribution in [3.8, 4) is 17.2 Å². The zero-order valence-corrected chi connectivity index (χ0v) is 15.8. The van der Waals surface area contributed by atoms with Crippen LogP contribution in [0.25, 0.3) is 0 Å². The first kappa shape index (κ1) is 18.6. The standard InChI is InChI=1S/C20H20N2O4S/c1-13-11-19(27(23,24)26-18-9-5-16(22)6-10-18)12-14(2)20(13)25-17-7-3-15(21)4-8-17/h3-12H,21-22H2,1-2H3. The lowest BCUT2D eigenvalue weighted by Gasteiger charge is -2.14. The average molecular weight is 384 g/mol. The van der Waals surface area contributed by atoms with Gasteiger partial charge in [-0.15, -0.1) is 0 Å². The summed E-state index contributed by atoms with van der Waals surface area (Å²) in [4.78, 5) is 0.0546. The van der Waals surface area contributed by atoms with Gasteiger partial charge in [0.15, 0.2) is 0 Å². The van der Waals surface area contributed by atoms with Crippen LogP contribution in [0.3, 0.4) is 0 Å². The molecule has 0 heterocycles. The third kappa shape index (κ3) is 4.32. The van der Waals surface area contributed by atoms with E-state index >= 15 is 0 Å². The molecule has 0 aliphatic carbocycles. The Morgan fingerprint density at radius 1 is 0.741 bits per heavy atom. The van der Waals surface area contributed by atoms with Gasteiger partial charge >= 0.3 is 10.1 Å². The molecule has 140 valence electrons. The molecule has 0 aliphatic rings. The van der Waals surface area contributed by atoms with E-state index < -0.39 is 10.1 Å². The number of hydrogen-bond acceptors (Lipinski definition) is 6. The third-order valence-electron chi connectivity index (χ3n) is 3.91. The minimum atomic E-state index is -3.98. The van der Waals surface area contributed by atoms with Crippen LogP contribution in [-0.4, -0.2) is 8.42 Å². The normalized spacial score (nSPS) is 11.2. The highest BCUT2D eigenvalue weighted by Crippen LogP contribution is 2.32. The molecule has 0 amide bonds. The number of hydrogen-bond donors (Lipinski definition) is 2. The summed E-state index contributed by atoms with van der Waals surface area (Å²) in [6.45, 7) is 3.56.